The summed E-state index contributed by atoms with van der Waals surface area (Å²) in [5, 5.41) is 18.7. The third-order valence-corrected chi connectivity index (χ3v) is 5.22. The van der Waals surface area contributed by atoms with Crippen LogP contribution in [0.25, 0.3) is 0 Å². The number of aromatic nitrogens is 2. The Labute approximate surface area is 169 Å². The lowest BCUT2D eigenvalue weighted by atomic mass is 10.1. The molecule has 1 aliphatic heterocycles. The van der Waals surface area contributed by atoms with Crippen molar-refractivity contribution in [2.24, 2.45) is 0 Å². The lowest BCUT2D eigenvalue weighted by Crippen LogP contribution is -2.34. The molecule has 1 saturated heterocycles. The minimum atomic E-state index is -0.416. The topological polar surface area (TPSA) is 93.3 Å². The molecular weight excluding hydrogens is 382 g/mol. The van der Waals surface area contributed by atoms with E-state index in [2.05, 4.69) is 10.4 Å². The molecule has 0 radical (unpaired) electrons. The average Bonchev–Trinajstić information content (AvgIpc) is 3.42. The number of nitro groups is 1. The highest BCUT2D eigenvalue weighted by molar-refractivity contribution is 5.92. The molecule has 1 atom stereocenters. The zero-order chi connectivity index (χ0) is 18.8. The molecular formula is C19H24ClN5O3. The van der Waals surface area contributed by atoms with Gasteiger partial charge in [-0.25, -0.2) is 0 Å². The number of nitrogens with zero attached hydrogens (tertiary/aromatic N) is 4. The molecule has 0 spiro atoms. The van der Waals surface area contributed by atoms with E-state index in [1.54, 1.807) is 18.2 Å². The lowest BCUT2D eigenvalue weighted by Gasteiger charge is -2.23. The van der Waals surface area contributed by atoms with Crippen LogP contribution in [0, 0.1) is 10.1 Å². The third kappa shape index (κ3) is 4.51. The van der Waals surface area contributed by atoms with Crippen LogP contribution in [0.2, 0.25) is 0 Å². The van der Waals surface area contributed by atoms with Gasteiger partial charge in [-0.3, -0.25) is 19.6 Å². The molecule has 1 aliphatic carbocycles. The quantitative estimate of drug-likeness (QED) is 0.589. The van der Waals surface area contributed by atoms with Crippen molar-refractivity contribution in [1.82, 2.24) is 20.0 Å². The number of hydrogen-bond acceptors (Lipinski definition) is 5. The van der Waals surface area contributed by atoms with Crippen molar-refractivity contribution < 1.29 is 9.72 Å². The summed E-state index contributed by atoms with van der Waals surface area (Å²) in [4.78, 5) is 25.3. The van der Waals surface area contributed by atoms with Gasteiger partial charge in [0, 0.05) is 37.5 Å². The summed E-state index contributed by atoms with van der Waals surface area (Å²) in [7, 11) is 0. The number of carbonyl (C=O) groups is 1. The predicted molar refractivity (Wildman–Crippen MR) is 107 cm³/mol. The Balaban J connectivity index is 0.00000225. The van der Waals surface area contributed by atoms with Gasteiger partial charge in [0.2, 0.25) is 0 Å². The largest absolute Gasteiger partial charge is 0.330 e. The third-order valence-electron chi connectivity index (χ3n) is 5.22. The second-order valence-corrected chi connectivity index (χ2v) is 7.27. The van der Waals surface area contributed by atoms with Gasteiger partial charge >= 0.3 is 0 Å². The minimum absolute atomic E-state index is 0. The molecule has 2 fully saturated rings. The highest BCUT2D eigenvalue weighted by atomic mass is 35.5. The number of amides is 1. The molecule has 2 heterocycles. The van der Waals surface area contributed by atoms with E-state index in [1.807, 2.05) is 15.8 Å². The monoisotopic (exact) mass is 405 g/mol. The highest BCUT2D eigenvalue weighted by Gasteiger charge is 2.34. The summed E-state index contributed by atoms with van der Waals surface area (Å²) >= 11 is 0. The Kier molecular flexibility index (Phi) is 6.31. The number of benzene rings is 1. The van der Waals surface area contributed by atoms with Gasteiger partial charge in [-0.05, 0) is 43.9 Å². The summed E-state index contributed by atoms with van der Waals surface area (Å²) in [5.41, 5.74) is 1.41. The standard InChI is InChI=1S/C19H23N5O3.ClH/c25-19(18-9-11-23(21-18)17-2-1-10-20-12-17)22(15-7-8-15)13-14-3-5-16(6-4-14)24(26)27;/h3-6,9,11,15,17,20H,1-2,7-8,10,12-13H2;1H. The van der Waals surface area contributed by atoms with Crippen LogP contribution in [-0.2, 0) is 6.54 Å². The van der Waals surface area contributed by atoms with Crippen molar-refractivity contribution in [3.8, 4) is 0 Å². The number of nitrogens with one attached hydrogen (secondary N) is 1. The minimum Gasteiger partial charge on any atom is -0.330 e. The van der Waals surface area contributed by atoms with Crippen molar-refractivity contribution in [3.05, 3.63) is 57.9 Å². The molecule has 8 nitrogen and oxygen atoms in total. The SMILES string of the molecule is Cl.O=C(c1ccn(C2CCCNC2)n1)N(Cc1ccc([N+](=O)[O-])cc1)C1CC1. The smallest absolute Gasteiger partial charge is 0.274 e. The van der Waals surface area contributed by atoms with Crippen LogP contribution in [-0.4, -0.2) is 44.6 Å². The fraction of sp³-hybridized carbons (Fsp3) is 0.474. The molecule has 1 amide bonds. The van der Waals surface area contributed by atoms with Crippen LogP contribution in [0.15, 0.2) is 36.5 Å². The Morgan fingerprint density at radius 3 is 2.61 bits per heavy atom. The van der Waals surface area contributed by atoms with Crippen molar-refractivity contribution >= 4 is 24.0 Å². The lowest BCUT2D eigenvalue weighted by molar-refractivity contribution is -0.384. The molecule has 2 aliphatic rings. The van der Waals surface area contributed by atoms with Crippen LogP contribution in [0.5, 0.6) is 0 Å². The van der Waals surface area contributed by atoms with Crippen molar-refractivity contribution in [2.75, 3.05) is 13.1 Å². The summed E-state index contributed by atoms with van der Waals surface area (Å²) in [6, 6.07) is 8.71. The summed E-state index contributed by atoms with van der Waals surface area (Å²) in [6.45, 7) is 2.36. The Morgan fingerprint density at radius 1 is 1.25 bits per heavy atom. The van der Waals surface area contributed by atoms with Gasteiger partial charge in [0.05, 0.1) is 11.0 Å². The number of hydrogen-bond donors (Lipinski definition) is 1. The van der Waals surface area contributed by atoms with Crippen LogP contribution < -0.4 is 5.32 Å². The first-order chi connectivity index (χ1) is 13.1. The number of nitro benzene ring substituents is 1. The van der Waals surface area contributed by atoms with Gasteiger partial charge in [-0.15, -0.1) is 12.4 Å². The van der Waals surface area contributed by atoms with E-state index >= 15 is 0 Å². The molecule has 150 valence electrons. The van der Waals surface area contributed by atoms with Crippen molar-refractivity contribution in [3.63, 3.8) is 0 Å². The van der Waals surface area contributed by atoms with Gasteiger partial charge < -0.3 is 10.2 Å². The van der Waals surface area contributed by atoms with Crippen LogP contribution in [0.4, 0.5) is 5.69 Å². The zero-order valence-corrected chi connectivity index (χ0v) is 16.3. The highest BCUT2D eigenvalue weighted by Crippen LogP contribution is 2.30. The van der Waals surface area contributed by atoms with Crippen LogP contribution in [0.3, 0.4) is 0 Å². The molecule has 1 aromatic carbocycles. The predicted octanol–water partition coefficient (Wildman–Crippen LogP) is 2.94. The van der Waals surface area contributed by atoms with E-state index in [1.165, 1.54) is 12.1 Å². The molecule has 0 bridgehead atoms. The number of carbonyl (C=O) groups excluding carboxylic acids is 1. The van der Waals surface area contributed by atoms with E-state index < -0.39 is 4.92 Å². The summed E-state index contributed by atoms with van der Waals surface area (Å²) in [5.74, 6) is -0.0710. The fourth-order valence-electron chi connectivity index (χ4n) is 3.53. The second-order valence-electron chi connectivity index (χ2n) is 7.27. The van der Waals surface area contributed by atoms with Gasteiger partial charge in [-0.2, -0.15) is 5.10 Å². The molecule has 2 aromatic rings. The molecule has 28 heavy (non-hydrogen) atoms. The Hall–Kier alpha value is -2.45. The summed E-state index contributed by atoms with van der Waals surface area (Å²) in [6.07, 6.45) is 6.05. The molecule has 1 saturated carbocycles. The van der Waals surface area contributed by atoms with E-state index in [0.717, 1.165) is 44.3 Å². The first kappa shape index (κ1) is 20.3. The first-order valence-electron chi connectivity index (χ1n) is 9.42. The first-order valence-corrected chi connectivity index (χ1v) is 9.42. The van der Waals surface area contributed by atoms with Crippen LogP contribution >= 0.6 is 12.4 Å². The molecule has 1 unspecified atom stereocenters. The number of rotatable bonds is 6. The van der Waals surface area contributed by atoms with Gasteiger partial charge in [0.25, 0.3) is 11.6 Å². The van der Waals surface area contributed by atoms with E-state index in [-0.39, 0.29) is 30.0 Å². The maximum atomic E-state index is 13.0. The van der Waals surface area contributed by atoms with E-state index in [0.29, 0.717) is 18.3 Å². The van der Waals surface area contributed by atoms with Crippen molar-refractivity contribution in [1.29, 1.82) is 0 Å². The molecule has 4 rings (SSSR count). The van der Waals surface area contributed by atoms with Crippen molar-refractivity contribution in [2.45, 2.75) is 44.3 Å². The van der Waals surface area contributed by atoms with Gasteiger partial charge in [0.1, 0.15) is 5.69 Å². The fourth-order valence-corrected chi connectivity index (χ4v) is 3.53. The Bertz CT molecular complexity index is 828. The molecule has 1 aromatic heterocycles. The maximum absolute atomic E-state index is 13.0. The number of halogens is 1. The molecule has 9 heteroatoms. The van der Waals surface area contributed by atoms with Gasteiger partial charge in [-0.1, -0.05) is 12.1 Å². The summed E-state index contributed by atoms with van der Waals surface area (Å²) < 4.78 is 1.90. The zero-order valence-electron chi connectivity index (χ0n) is 15.5. The number of piperidine rings is 1. The second kappa shape index (κ2) is 8.70. The Morgan fingerprint density at radius 2 is 2.00 bits per heavy atom. The normalized spacial score (nSPS) is 18.9. The van der Waals surface area contributed by atoms with Gasteiger partial charge in [0.15, 0.2) is 0 Å². The maximum Gasteiger partial charge on any atom is 0.274 e. The van der Waals surface area contributed by atoms with Crippen LogP contribution in [0.1, 0.15) is 47.8 Å². The number of non-ortho nitro benzene ring substituents is 1. The molecule has 1 N–H and O–H groups in total. The van der Waals surface area contributed by atoms with E-state index in [4.69, 9.17) is 0 Å². The average molecular weight is 406 g/mol. The van der Waals surface area contributed by atoms with E-state index in [9.17, 15) is 14.9 Å².